The van der Waals surface area contributed by atoms with Gasteiger partial charge in [0.05, 0.1) is 22.1 Å². The predicted molar refractivity (Wildman–Crippen MR) is 317 cm³/mol. The smallest absolute Gasteiger partial charge is 0.0547 e. The molecule has 0 atom stereocenters. The molecule has 3 nitrogen and oxygen atoms in total. The number of hydrogen-bond donors (Lipinski definition) is 0. The Bertz CT molecular complexity index is 4290. The third-order valence-electron chi connectivity index (χ3n) is 14.9. The van der Waals surface area contributed by atoms with Gasteiger partial charge in [0, 0.05) is 50.0 Å². The van der Waals surface area contributed by atoms with Crippen molar-refractivity contribution in [3.8, 4) is 67.0 Å². The van der Waals surface area contributed by atoms with Crippen molar-refractivity contribution in [2.24, 2.45) is 0 Å². The van der Waals surface area contributed by atoms with Crippen molar-refractivity contribution in [2.45, 2.75) is 0 Å². The molecule has 0 aliphatic carbocycles. The van der Waals surface area contributed by atoms with Gasteiger partial charge in [-0.1, -0.05) is 188 Å². The summed E-state index contributed by atoms with van der Waals surface area (Å²) in [7, 11) is 0. The quantitative estimate of drug-likeness (QED) is 0.133. The summed E-state index contributed by atoms with van der Waals surface area (Å²) in [5.41, 5.74) is 22.1. The summed E-state index contributed by atoms with van der Waals surface area (Å²) in [6.45, 7) is 0. The molecule has 0 spiro atoms. The molecule has 0 radical (unpaired) electrons. The molecule has 2 aromatic heterocycles. The fourth-order valence-electron chi connectivity index (χ4n) is 11.3. The Balaban J connectivity index is 0.857. The molecule has 3 heteroatoms. The third kappa shape index (κ3) is 7.95. The Labute approximate surface area is 436 Å². The van der Waals surface area contributed by atoms with Gasteiger partial charge < -0.3 is 14.0 Å². The van der Waals surface area contributed by atoms with E-state index in [1.807, 2.05) is 0 Å². The lowest BCUT2D eigenvalue weighted by Gasteiger charge is -2.26. The van der Waals surface area contributed by atoms with Gasteiger partial charge in [0.25, 0.3) is 0 Å². The van der Waals surface area contributed by atoms with Crippen LogP contribution in [-0.2, 0) is 0 Å². The highest BCUT2D eigenvalue weighted by molar-refractivity contribution is 6.11. The van der Waals surface area contributed by atoms with Gasteiger partial charge in [0.1, 0.15) is 0 Å². The monoisotopic (exact) mass is 955 g/mol. The molecule has 0 fully saturated rings. The van der Waals surface area contributed by atoms with Crippen molar-refractivity contribution in [1.82, 2.24) is 9.13 Å². The number of nitrogens with zero attached hydrogens (tertiary/aromatic N) is 3. The van der Waals surface area contributed by atoms with Crippen LogP contribution < -0.4 is 4.90 Å². The highest BCUT2D eigenvalue weighted by Gasteiger charge is 2.18. The van der Waals surface area contributed by atoms with Crippen LogP contribution >= 0.6 is 0 Å². The second kappa shape index (κ2) is 18.6. The number of anilines is 3. The van der Waals surface area contributed by atoms with Crippen LogP contribution in [0.1, 0.15) is 0 Å². The highest BCUT2D eigenvalue weighted by atomic mass is 15.1. The highest BCUT2D eigenvalue weighted by Crippen LogP contribution is 2.42. The van der Waals surface area contributed by atoms with Gasteiger partial charge in [-0.25, -0.2) is 0 Å². The van der Waals surface area contributed by atoms with E-state index in [4.69, 9.17) is 0 Å². The van der Waals surface area contributed by atoms with E-state index in [0.717, 1.165) is 39.6 Å². The summed E-state index contributed by atoms with van der Waals surface area (Å²) in [6.07, 6.45) is 0. The van der Waals surface area contributed by atoms with Gasteiger partial charge in [-0.05, 0) is 165 Å². The maximum Gasteiger partial charge on any atom is 0.0547 e. The molecule has 0 amide bonds. The molecular weight excluding hydrogens is 907 g/mol. The summed E-state index contributed by atoms with van der Waals surface area (Å²) in [4.78, 5) is 2.38. The molecule has 352 valence electrons. The SMILES string of the molecule is c1ccc(-c2cc(-c3ccccc3)cc(-c3ccc(N(c4ccc(-c5ccc6c(c5)c5ccccc5n6-c5ccccc5)cc4)c4ccc(-c5ccc6c7ccccc7n(-c7ccccc7)c6c5)cc4)cc3)c2)cc1. The van der Waals surface area contributed by atoms with Crippen LogP contribution in [0.15, 0.2) is 297 Å². The van der Waals surface area contributed by atoms with Gasteiger partial charge in [-0.2, -0.15) is 0 Å². The van der Waals surface area contributed by atoms with Gasteiger partial charge in [0.2, 0.25) is 0 Å². The van der Waals surface area contributed by atoms with Crippen molar-refractivity contribution in [3.05, 3.63) is 297 Å². The molecule has 14 rings (SSSR count). The third-order valence-corrected chi connectivity index (χ3v) is 14.9. The summed E-state index contributed by atoms with van der Waals surface area (Å²) < 4.78 is 4.76. The average Bonchev–Trinajstić information content (AvgIpc) is 4.01. The second-order valence-corrected chi connectivity index (χ2v) is 19.3. The molecule has 0 unspecified atom stereocenters. The molecule has 75 heavy (non-hydrogen) atoms. The van der Waals surface area contributed by atoms with Crippen LogP contribution in [0.2, 0.25) is 0 Å². The van der Waals surface area contributed by atoms with Gasteiger partial charge in [-0.15, -0.1) is 0 Å². The van der Waals surface area contributed by atoms with Crippen molar-refractivity contribution >= 4 is 60.7 Å². The van der Waals surface area contributed by atoms with Crippen molar-refractivity contribution in [1.29, 1.82) is 0 Å². The van der Waals surface area contributed by atoms with E-state index in [0.29, 0.717) is 0 Å². The maximum atomic E-state index is 2.39. The maximum absolute atomic E-state index is 2.39. The molecular formula is C72H49N3. The van der Waals surface area contributed by atoms with Crippen LogP contribution in [0, 0.1) is 0 Å². The standard InChI is InChI=1S/C72H49N3/c1-5-17-50(18-6-1)57-45-58(51-19-7-2-8-20-51)47-59(46-57)54-33-41-64(42-34-54)73(62-37-29-52(30-38-62)55-36-44-71-68(48-55)66-26-14-16-28-70(66)74(71)60-21-9-3-10-22-60)63-39-31-53(32-40-63)56-35-43-67-65-25-13-15-27-69(65)75(72(67)49-56)61-23-11-4-12-24-61/h1-49H. The molecule has 0 saturated carbocycles. The normalized spacial score (nSPS) is 11.5. The number of aromatic nitrogens is 2. The Morgan fingerprint density at radius 3 is 0.987 bits per heavy atom. The molecule has 2 heterocycles. The summed E-state index contributed by atoms with van der Waals surface area (Å²) >= 11 is 0. The lowest BCUT2D eigenvalue weighted by atomic mass is 9.93. The Morgan fingerprint density at radius 2 is 0.507 bits per heavy atom. The first-order valence-electron chi connectivity index (χ1n) is 25.7. The molecule has 14 aromatic rings. The number of fused-ring (bicyclic) bond motifs is 6. The zero-order valence-electron chi connectivity index (χ0n) is 41.1. The average molecular weight is 956 g/mol. The molecule has 0 saturated heterocycles. The first kappa shape index (κ1) is 43.8. The number of benzene rings is 12. The van der Waals surface area contributed by atoms with E-state index >= 15 is 0 Å². The number of para-hydroxylation sites is 4. The van der Waals surface area contributed by atoms with Crippen molar-refractivity contribution < 1.29 is 0 Å². The van der Waals surface area contributed by atoms with Crippen LogP contribution in [0.25, 0.3) is 111 Å². The number of rotatable bonds is 10. The molecule has 0 bridgehead atoms. The first-order valence-corrected chi connectivity index (χ1v) is 25.7. The van der Waals surface area contributed by atoms with Crippen LogP contribution in [0.4, 0.5) is 17.1 Å². The molecule has 12 aromatic carbocycles. The van der Waals surface area contributed by atoms with Gasteiger partial charge >= 0.3 is 0 Å². The van der Waals surface area contributed by atoms with Gasteiger partial charge in [-0.3, -0.25) is 0 Å². The summed E-state index contributed by atoms with van der Waals surface area (Å²) in [5, 5.41) is 4.98. The van der Waals surface area contributed by atoms with E-state index < -0.39 is 0 Å². The lowest BCUT2D eigenvalue weighted by molar-refractivity contribution is 1.18. The molecule has 0 aliphatic rings. The molecule has 0 N–H and O–H groups in total. The topological polar surface area (TPSA) is 13.1 Å². The predicted octanol–water partition coefficient (Wildman–Crippen LogP) is 19.7. The summed E-state index contributed by atoms with van der Waals surface area (Å²) in [5.74, 6) is 0. The fraction of sp³-hybridized carbons (Fsp3) is 0. The van der Waals surface area contributed by atoms with Crippen LogP contribution in [0.5, 0.6) is 0 Å². The summed E-state index contributed by atoms with van der Waals surface area (Å²) in [6, 6.07) is 108. The Kier molecular flexibility index (Phi) is 10.8. The first-order chi connectivity index (χ1) is 37.2. The van der Waals surface area contributed by atoms with Crippen LogP contribution in [0.3, 0.4) is 0 Å². The van der Waals surface area contributed by atoms with Crippen LogP contribution in [-0.4, -0.2) is 9.13 Å². The zero-order valence-corrected chi connectivity index (χ0v) is 41.1. The van der Waals surface area contributed by atoms with Gasteiger partial charge in [0.15, 0.2) is 0 Å². The van der Waals surface area contributed by atoms with Crippen molar-refractivity contribution in [2.75, 3.05) is 4.90 Å². The second-order valence-electron chi connectivity index (χ2n) is 19.3. The largest absolute Gasteiger partial charge is 0.311 e. The van der Waals surface area contributed by atoms with E-state index in [1.54, 1.807) is 0 Å². The minimum atomic E-state index is 1.07. The number of hydrogen-bond acceptors (Lipinski definition) is 1. The van der Waals surface area contributed by atoms with E-state index in [9.17, 15) is 0 Å². The molecule has 0 aliphatic heterocycles. The minimum Gasteiger partial charge on any atom is -0.311 e. The Hall–Kier alpha value is -9.96. The Morgan fingerprint density at radius 1 is 0.187 bits per heavy atom. The van der Waals surface area contributed by atoms with Crippen molar-refractivity contribution in [3.63, 3.8) is 0 Å². The van der Waals surface area contributed by atoms with E-state index in [1.165, 1.54) is 88.1 Å². The zero-order chi connectivity index (χ0) is 49.7. The minimum absolute atomic E-state index is 1.07. The van der Waals surface area contributed by atoms with E-state index in [-0.39, 0.29) is 0 Å². The lowest BCUT2D eigenvalue weighted by Crippen LogP contribution is -2.09. The fourth-order valence-corrected chi connectivity index (χ4v) is 11.3. The van der Waals surface area contributed by atoms with E-state index in [2.05, 4.69) is 311 Å².